The normalized spacial score (nSPS) is 16.0. The van der Waals surface area contributed by atoms with Gasteiger partial charge in [-0.15, -0.1) is 0 Å². The monoisotopic (exact) mass is 353 g/mol. The Kier molecular flexibility index (Phi) is 4.53. The van der Waals surface area contributed by atoms with Crippen LogP contribution in [-0.4, -0.2) is 39.1 Å². The highest BCUT2D eigenvalue weighted by Crippen LogP contribution is 2.36. The van der Waals surface area contributed by atoms with E-state index in [0.29, 0.717) is 10.9 Å². The van der Waals surface area contributed by atoms with E-state index >= 15 is 0 Å². The maximum absolute atomic E-state index is 12.9. The lowest BCUT2D eigenvalue weighted by Gasteiger charge is -2.30. The zero-order valence-corrected chi connectivity index (χ0v) is 13.7. The molecule has 1 fully saturated rings. The van der Waals surface area contributed by atoms with Crippen LogP contribution in [0.4, 0.5) is 13.2 Å². The van der Waals surface area contributed by atoms with Gasteiger partial charge in [-0.3, -0.25) is 14.2 Å². The molecule has 1 saturated carbocycles. The molecule has 1 aromatic heterocycles. The number of amides is 1. The Morgan fingerprint density at radius 1 is 1.36 bits per heavy atom. The summed E-state index contributed by atoms with van der Waals surface area (Å²) in [4.78, 5) is 29.8. The van der Waals surface area contributed by atoms with Crippen LogP contribution in [0.5, 0.6) is 0 Å². The van der Waals surface area contributed by atoms with Crippen LogP contribution in [0.25, 0.3) is 10.9 Å². The third kappa shape index (κ3) is 4.00. The summed E-state index contributed by atoms with van der Waals surface area (Å²) in [6.07, 6.45) is -1.64. The molecule has 1 atom stereocenters. The number of carbonyl (C=O) groups excluding carboxylic acids is 1. The Labute approximate surface area is 142 Å². The smallest absolute Gasteiger partial charge is 0.329 e. The van der Waals surface area contributed by atoms with Gasteiger partial charge in [-0.1, -0.05) is 12.1 Å². The standard InChI is InChI=1S/C17H18F3N3O2/c1-11(12-6-7-12)23(9-17(18,19)20)15(24)8-22-10-21-14-5-3-2-4-13(14)16(22)25/h2-5,10-12H,6-9H2,1H3/t11-/m0/s1. The highest BCUT2D eigenvalue weighted by atomic mass is 19.4. The van der Waals surface area contributed by atoms with Crippen LogP contribution in [0.3, 0.4) is 0 Å². The summed E-state index contributed by atoms with van der Waals surface area (Å²) in [6, 6.07) is 6.13. The highest BCUT2D eigenvalue weighted by Gasteiger charge is 2.40. The lowest BCUT2D eigenvalue weighted by molar-refractivity contribution is -0.166. The Bertz CT molecular complexity index is 843. The molecule has 1 aliphatic rings. The Morgan fingerprint density at radius 2 is 2.04 bits per heavy atom. The SMILES string of the molecule is C[C@@H](C1CC1)N(CC(F)(F)F)C(=O)Cn1cnc2ccccc2c1=O. The van der Waals surface area contributed by atoms with Crippen LogP contribution in [0.1, 0.15) is 19.8 Å². The fourth-order valence-electron chi connectivity index (χ4n) is 2.94. The third-order valence-electron chi connectivity index (χ3n) is 4.50. The van der Waals surface area contributed by atoms with Gasteiger partial charge in [-0.2, -0.15) is 13.2 Å². The molecule has 0 saturated heterocycles. The molecule has 0 unspecified atom stereocenters. The van der Waals surface area contributed by atoms with Gasteiger partial charge in [0, 0.05) is 6.04 Å². The second kappa shape index (κ2) is 6.50. The molecule has 0 N–H and O–H groups in total. The number of alkyl halides is 3. The van der Waals surface area contributed by atoms with E-state index in [1.165, 1.54) is 6.33 Å². The van der Waals surface area contributed by atoms with Crippen LogP contribution < -0.4 is 5.56 Å². The van der Waals surface area contributed by atoms with E-state index in [2.05, 4.69) is 4.98 Å². The molecule has 3 rings (SSSR count). The van der Waals surface area contributed by atoms with Gasteiger partial charge in [-0.05, 0) is 37.8 Å². The molecule has 1 amide bonds. The molecule has 5 nitrogen and oxygen atoms in total. The molecule has 8 heteroatoms. The summed E-state index contributed by atoms with van der Waals surface area (Å²) in [5.74, 6) is -0.631. The van der Waals surface area contributed by atoms with E-state index in [1.54, 1.807) is 31.2 Å². The topological polar surface area (TPSA) is 55.2 Å². The Balaban J connectivity index is 1.85. The van der Waals surface area contributed by atoms with Crippen molar-refractivity contribution in [2.75, 3.05) is 6.54 Å². The van der Waals surface area contributed by atoms with Crippen molar-refractivity contribution in [1.29, 1.82) is 0 Å². The average Bonchev–Trinajstić information content (AvgIpc) is 3.39. The lowest BCUT2D eigenvalue weighted by atomic mass is 10.1. The number of nitrogens with zero attached hydrogens (tertiary/aromatic N) is 3. The third-order valence-corrected chi connectivity index (χ3v) is 4.50. The second-order valence-electron chi connectivity index (χ2n) is 6.41. The molecule has 25 heavy (non-hydrogen) atoms. The Morgan fingerprint density at radius 3 is 2.68 bits per heavy atom. The van der Waals surface area contributed by atoms with E-state index in [9.17, 15) is 22.8 Å². The molecule has 0 spiro atoms. The molecule has 2 aromatic rings. The molecular formula is C17H18F3N3O2. The predicted molar refractivity (Wildman–Crippen MR) is 86.0 cm³/mol. The number of hydrogen-bond acceptors (Lipinski definition) is 3. The van der Waals surface area contributed by atoms with Crippen LogP contribution in [-0.2, 0) is 11.3 Å². The van der Waals surface area contributed by atoms with Crippen LogP contribution in [0, 0.1) is 5.92 Å². The van der Waals surface area contributed by atoms with Gasteiger partial charge < -0.3 is 4.90 Å². The molecule has 0 aliphatic heterocycles. The van der Waals surface area contributed by atoms with Crippen LogP contribution in [0.15, 0.2) is 35.4 Å². The summed E-state index contributed by atoms with van der Waals surface area (Å²) in [6.45, 7) is -0.133. The number of aromatic nitrogens is 2. The number of carbonyl (C=O) groups is 1. The summed E-state index contributed by atoms with van der Waals surface area (Å²) in [7, 11) is 0. The van der Waals surface area contributed by atoms with Gasteiger partial charge in [0.15, 0.2) is 0 Å². The first kappa shape index (κ1) is 17.4. The number of hydrogen-bond donors (Lipinski definition) is 0. The van der Waals surface area contributed by atoms with Crippen LogP contribution in [0.2, 0.25) is 0 Å². The zero-order chi connectivity index (χ0) is 18.2. The maximum Gasteiger partial charge on any atom is 0.406 e. The van der Waals surface area contributed by atoms with E-state index < -0.39 is 36.8 Å². The first-order valence-electron chi connectivity index (χ1n) is 8.06. The minimum atomic E-state index is -4.48. The molecular weight excluding hydrogens is 335 g/mol. The van der Waals surface area contributed by atoms with E-state index in [-0.39, 0.29) is 5.92 Å². The van der Waals surface area contributed by atoms with E-state index in [1.807, 2.05) is 0 Å². The van der Waals surface area contributed by atoms with Gasteiger partial charge in [0.05, 0.1) is 17.2 Å². The first-order chi connectivity index (χ1) is 11.8. The number of fused-ring (bicyclic) bond motifs is 1. The Hall–Kier alpha value is -2.38. The largest absolute Gasteiger partial charge is 0.406 e. The zero-order valence-electron chi connectivity index (χ0n) is 13.7. The fraction of sp³-hybridized carbons (Fsp3) is 0.471. The van der Waals surface area contributed by atoms with Crippen molar-refractivity contribution in [2.24, 2.45) is 5.92 Å². The van der Waals surface area contributed by atoms with Crippen molar-refractivity contribution < 1.29 is 18.0 Å². The van der Waals surface area contributed by atoms with Crippen molar-refractivity contribution in [3.63, 3.8) is 0 Å². The molecule has 0 bridgehead atoms. The maximum atomic E-state index is 12.9. The second-order valence-corrected chi connectivity index (χ2v) is 6.41. The fourth-order valence-corrected chi connectivity index (χ4v) is 2.94. The number of para-hydroxylation sites is 1. The molecule has 1 aromatic carbocycles. The minimum Gasteiger partial charge on any atom is -0.329 e. The van der Waals surface area contributed by atoms with Crippen LogP contribution >= 0.6 is 0 Å². The number of rotatable bonds is 5. The summed E-state index contributed by atoms with van der Waals surface area (Å²) < 4.78 is 39.6. The number of benzene rings is 1. The average molecular weight is 353 g/mol. The highest BCUT2D eigenvalue weighted by molar-refractivity contribution is 5.79. The quantitative estimate of drug-likeness (QED) is 0.830. The van der Waals surface area contributed by atoms with Gasteiger partial charge >= 0.3 is 6.18 Å². The van der Waals surface area contributed by atoms with Crippen molar-refractivity contribution >= 4 is 16.8 Å². The van der Waals surface area contributed by atoms with Gasteiger partial charge in [0.25, 0.3) is 5.56 Å². The van der Waals surface area contributed by atoms with Crippen molar-refractivity contribution in [2.45, 2.75) is 38.5 Å². The summed E-state index contributed by atoms with van der Waals surface area (Å²) in [5, 5.41) is 0.329. The van der Waals surface area contributed by atoms with Gasteiger partial charge in [0.1, 0.15) is 13.1 Å². The number of halogens is 3. The van der Waals surface area contributed by atoms with Gasteiger partial charge in [0.2, 0.25) is 5.91 Å². The van der Waals surface area contributed by atoms with E-state index in [0.717, 1.165) is 22.3 Å². The lowest BCUT2D eigenvalue weighted by Crippen LogP contribution is -2.47. The molecule has 134 valence electrons. The van der Waals surface area contributed by atoms with E-state index in [4.69, 9.17) is 0 Å². The molecule has 0 radical (unpaired) electrons. The van der Waals surface area contributed by atoms with Crippen molar-refractivity contribution in [3.05, 3.63) is 40.9 Å². The molecule has 1 heterocycles. The molecule has 1 aliphatic carbocycles. The minimum absolute atomic E-state index is 0.0951. The predicted octanol–water partition coefficient (Wildman–Crippen LogP) is 2.59. The summed E-state index contributed by atoms with van der Waals surface area (Å²) in [5.41, 5.74) is 0.0414. The summed E-state index contributed by atoms with van der Waals surface area (Å²) >= 11 is 0. The van der Waals surface area contributed by atoms with Gasteiger partial charge in [-0.25, -0.2) is 4.98 Å². The van der Waals surface area contributed by atoms with Crippen molar-refractivity contribution in [3.8, 4) is 0 Å². The first-order valence-corrected chi connectivity index (χ1v) is 8.06. The van der Waals surface area contributed by atoms with Crippen molar-refractivity contribution in [1.82, 2.24) is 14.5 Å².